The predicted molar refractivity (Wildman–Crippen MR) is 50.5 cm³/mol. The van der Waals surface area contributed by atoms with Crippen LogP contribution in [0.2, 0.25) is 0 Å². The Bertz CT molecular complexity index is 182. The molecular formula is C8H13Cl2NO. The molecule has 1 N–H and O–H groups in total. The third-order valence-corrected chi connectivity index (χ3v) is 2.81. The lowest BCUT2D eigenvalue weighted by Crippen LogP contribution is -2.27. The number of carbonyl (C=O) groups excluding carboxylic acids is 1. The average molecular weight is 210 g/mol. The highest BCUT2D eigenvalue weighted by Gasteiger charge is 2.56. The molecule has 1 fully saturated rings. The van der Waals surface area contributed by atoms with Crippen LogP contribution in [0.25, 0.3) is 0 Å². The zero-order chi connectivity index (χ0) is 9.19. The van der Waals surface area contributed by atoms with E-state index in [1.54, 1.807) is 0 Å². The second-order valence-corrected chi connectivity index (χ2v) is 4.70. The van der Waals surface area contributed by atoms with Gasteiger partial charge in [-0.2, -0.15) is 0 Å². The molecule has 1 aliphatic carbocycles. The van der Waals surface area contributed by atoms with E-state index in [4.69, 9.17) is 23.2 Å². The molecule has 70 valence electrons. The van der Waals surface area contributed by atoms with Gasteiger partial charge in [0.2, 0.25) is 5.91 Å². The zero-order valence-corrected chi connectivity index (χ0v) is 8.58. The van der Waals surface area contributed by atoms with Gasteiger partial charge in [-0.25, -0.2) is 0 Å². The molecule has 12 heavy (non-hydrogen) atoms. The van der Waals surface area contributed by atoms with Crippen molar-refractivity contribution in [3.05, 3.63) is 0 Å². The number of carbonyl (C=O) groups is 1. The maximum atomic E-state index is 11.2. The quantitative estimate of drug-likeness (QED) is 0.558. The van der Waals surface area contributed by atoms with Gasteiger partial charge in [-0.1, -0.05) is 13.3 Å². The first-order chi connectivity index (χ1) is 5.58. The van der Waals surface area contributed by atoms with Gasteiger partial charge in [-0.05, 0) is 12.8 Å². The number of rotatable bonds is 4. The molecule has 0 heterocycles. The molecule has 1 rings (SSSR count). The van der Waals surface area contributed by atoms with Crippen molar-refractivity contribution in [2.45, 2.75) is 30.5 Å². The van der Waals surface area contributed by atoms with Gasteiger partial charge in [0, 0.05) is 6.54 Å². The summed E-state index contributed by atoms with van der Waals surface area (Å²) in [5.74, 6) is -0.189. The van der Waals surface area contributed by atoms with Crippen LogP contribution in [0, 0.1) is 5.92 Å². The van der Waals surface area contributed by atoms with E-state index >= 15 is 0 Å². The Morgan fingerprint density at radius 3 is 2.67 bits per heavy atom. The molecule has 1 aliphatic rings. The highest BCUT2D eigenvalue weighted by atomic mass is 35.5. The first kappa shape index (κ1) is 10.1. The Kier molecular flexibility index (Phi) is 3.24. The number of halogens is 2. The fourth-order valence-corrected chi connectivity index (χ4v) is 1.52. The Morgan fingerprint density at radius 1 is 1.67 bits per heavy atom. The summed E-state index contributed by atoms with van der Waals surface area (Å²) >= 11 is 11.4. The van der Waals surface area contributed by atoms with E-state index in [1.165, 1.54) is 0 Å². The molecule has 0 spiro atoms. The second-order valence-electron chi connectivity index (χ2n) is 3.16. The number of unbranched alkanes of at least 4 members (excludes halogenated alkanes) is 1. The summed E-state index contributed by atoms with van der Waals surface area (Å²) in [4.78, 5) is 11.2. The minimum Gasteiger partial charge on any atom is -0.356 e. The van der Waals surface area contributed by atoms with Crippen molar-refractivity contribution >= 4 is 29.1 Å². The van der Waals surface area contributed by atoms with Crippen LogP contribution >= 0.6 is 23.2 Å². The predicted octanol–water partition coefficient (Wildman–Crippen LogP) is 2.10. The van der Waals surface area contributed by atoms with E-state index in [2.05, 4.69) is 12.2 Å². The molecule has 0 bridgehead atoms. The summed E-state index contributed by atoms with van der Waals surface area (Å²) < 4.78 is -0.781. The normalized spacial score (nSPS) is 25.1. The maximum Gasteiger partial charge on any atom is 0.226 e. The fourth-order valence-electron chi connectivity index (χ4n) is 1.01. The lowest BCUT2D eigenvalue weighted by atomic mass is 10.3. The summed E-state index contributed by atoms with van der Waals surface area (Å²) in [5.41, 5.74) is 0. The van der Waals surface area contributed by atoms with Gasteiger partial charge >= 0.3 is 0 Å². The van der Waals surface area contributed by atoms with E-state index in [1.807, 2.05) is 0 Å². The van der Waals surface area contributed by atoms with Crippen LogP contribution in [0.3, 0.4) is 0 Å². The van der Waals surface area contributed by atoms with Crippen molar-refractivity contribution < 1.29 is 4.79 Å². The molecule has 0 aromatic carbocycles. The van der Waals surface area contributed by atoms with E-state index in [9.17, 15) is 4.79 Å². The smallest absolute Gasteiger partial charge is 0.226 e. The molecule has 0 aromatic heterocycles. The van der Waals surface area contributed by atoms with Gasteiger partial charge < -0.3 is 5.32 Å². The third-order valence-electron chi connectivity index (χ3n) is 1.97. The minimum atomic E-state index is -0.781. The number of hydrogen-bond acceptors (Lipinski definition) is 1. The molecule has 0 radical (unpaired) electrons. The maximum absolute atomic E-state index is 11.2. The van der Waals surface area contributed by atoms with Crippen LogP contribution in [0.1, 0.15) is 26.2 Å². The highest BCUT2D eigenvalue weighted by Crippen LogP contribution is 2.53. The van der Waals surface area contributed by atoms with Crippen molar-refractivity contribution in [3.8, 4) is 0 Å². The molecule has 1 amide bonds. The van der Waals surface area contributed by atoms with Crippen LogP contribution in [-0.4, -0.2) is 16.8 Å². The lowest BCUT2D eigenvalue weighted by molar-refractivity contribution is -0.122. The topological polar surface area (TPSA) is 29.1 Å². The van der Waals surface area contributed by atoms with Crippen LogP contribution < -0.4 is 5.32 Å². The Morgan fingerprint density at radius 2 is 2.25 bits per heavy atom. The molecule has 4 heteroatoms. The molecule has 0 saturated heterocycles. The van der Waals surface area contributed by atoms with Gasteiger partial charge in [-0.3, -0.25) is 4.79 Å². The van der Waals surface area contributed by atoms with E-state index in [-0.39, 0.29) is 11.8 Å². The number of amides is 1. The van der Waals surface area contributed by atoms with E-state index in [0.29, 0.717) is 6.42 Å². The summed E-state index contributed by atoms with van der Waals surface area (Å²) in [5, 5.41) is 2.79. The summed E-state index contributed by atoms with van der Waals surface area (Å²) in [6, 6.07) is 0. The van der Waals surface area contributed by atoms with Crippen LogP contribution in [0.5, 0.6) is 0 Å². The standard InChI is InChI=1S/C8H13Cl2NO/c1-2-3-4-11-7(12)6-5-8(6,9)10/h6H,2-5H2,1H3,(H,11,12). The third kappa shape index (κ3) is 2.53. The van der Waals surface area contributed by atoms with Crippen molar-refractivity contribution in [2.75, 3.05) is 6.54 Å². The molecule has 1 unspecified atom stereocenters. The van der Waals surface area contributed by atoms with Gasteiger partial charge in [-0.15, -0.1) is 23.2 Å². The summed E-state index contributed by atoms with van der Waals surface area (Å²) in [6.45, 7) is 2.81. The first-order valence-corrected chi connectivity index (χ1v) is 4.99. The van der Waals surface area contributed by atoms with Gasteiger partial charge in [0.15, 0.2) is 0 Å². The van der Waals surface area contributed by atoms with Gasteiger partial charge in [0.25, 0.3) is 0 Å². The number of alkyl halides is 2. The first-order valence-electron chi connectivity index (χ1n) is 4.23. The summed E-state index contributed by atoms with van der Waals surface area (Å²) in [6.07, 6.45) is 2.68. The van der Waals surface area contributed by atoms with Crippen molar-refractivity contribution in [3.63, 3.8) is 0 Å². The Hall–Kier alpha value is 0.0500. The SMILES string of the molecule is CCCCNC(=O)C1CC1(Cl)Cl. The molecule has 1 atom stereocenters. The average Bonchev–Trinajstić information content (AvgIpc) is 2.60. The lowest BCUT2D eigenvalue weighted by Gasteiger charge is -2.02. The van der Waals surface area contributed by atoms with Crippen molar-refractivity contribution in [1.29, 1.82) is 0 Å². The molecule has 0 aromatic rings. The Labute approximate surface area is 82.6 Å². The van der Waals surface area contributed by atoms with Crippen LogP contribution in [0.4, 0.5) is 0 Å². The largest absolute Gasteiger partial charge is 0.356 e. The molecule has 0 aliphatic heterocycles. The molecule has 2 nitrogen and oxygen atoms in total. The molecular weight excluding hydrogens is 197 g/mol. The fraction of sp³-hybridized carbons (Fsp3) is 0.875. The zero-order valence-electron chi connectivity index (χ0n) is 7.07. The monoisotopic (exact) mass is 209 g/mol. The van der Waals surface area contributed by atoms with E-state index < -0.39 is 4.33 Å². The van der Waals surface area contributed by atoms with E-state index in [0.717, 1.165) is 19.4 Å². The van der Waals surface area contributed by atoms with Crippen molar-refractivity contribution in [2.24, 2.45) is 5.92 Å². The van der Waals surface area contributed by atoms with Crippen LogP contribution in [0.15, 0.2) is 0 Å². The number of hydrogen-bond donors (Lipinski definition) is 1. The number of nitrogens with one attached hydrogen (secondary N) is 1. The summed E-state index contributed by atoms with van der Waals surface area (Å²) in [7, 11) is 0. The van der Waals surface area contributed by atoms with Crippen molar-refractivity contribution in [1.82, 2.24) is 5.32 Å². The second kappa shape index (κ2) is 3.84. The molecule has 1 saturated carbocycles. The van der Waals surface area contributed by atoms with Crippen LogP contribution in [-0.2, 0) is 4.79 Å². The van der Waals surface area contributed by atoms with Gasteiger partial charge in [0.1, 0.15) is 4.33 Å². The highest BCUT2D eigenvalue weighted by molar-refractivity contribution is 6.52. The Balaban J connectivity index is 2.14. The minimum absolute atomic E-state index is 0.00606. The van der Waals surface area contributed by atoms with Gasteiger partial charge in [0.05, 0.1) is 5.92 Å².